The third-order valence-corrected chi connectivity index (χ3v) is 3.28. The van der Waals surface area contributed by atoms with Crippen molar-refractivity contribution in [1.29, 1.82) is 0 Å². The van der Waals surface area contributed by atoms with Crippen LogP contribution in [-0.2, 0) is 13.2 Å². The van der Waals surface area contributed by atoms with Gasteiger partial charge in [0.1, 0.15) is 29.6 Å². The summed E-state index contributed by atoms with van der Waals surface area (Å²) in [4.78, 5) is 0. The number of hydrogen-bond donors (Lipinski definition) is 1. The number of benzene rings is 1. The van der Waals surface area contributed by atoms with E-state index in [1.165, 1.54) is 12.8 Å². The molecule has 106 valence electrons. The normalized spacial score (nSPS) is 14.2. The summed E-state index contributed by atoms with van der Waals surface area (Å²) in [6, 6.07) is 12.2. The van der Waals surface area contributed by atoms with Crippen LogP contribution in [0.3, 0.4) is 0 Å². The number of nitrogens with one attached hydrogen (secondary N) is 1. The average molecular weight is 273 g/mol. The molecule has 0 unspecified atom stereocenters. The van der Waals surface area contributed by atoms with E-state index in [4.69, 9.17) is 13.9 Å². The van der Waals surface area contributed by atoms with E-state index in [0.717, 1.165) is 29.6 Å². The molecule has 20 heavy (non-hydrogen) atoms. The number of ether oxygens (including phenoxy) is 2. The summed E-state index contributed by atoms with van der Waals surface area (Å²) >= 11 is 0. The minimum atomic E-state index is 0.427. The standard InChI is InChI=1S/C16H19NO3/c1-18-13-3-2-4-14(9-13)19-11-16-8-7-15(20-16)10-17-12-5-6-12/h2-4,7-9,12,17H,5-6,10-11H2,1H3. The Morgan fingerprint density at radius 1 is 1.15 bits per heavy atom. The molecule has 0 atom stereocenters. The van der Waals surface area contributed by atoms with Crippen LogP contribution in [0.5, 0.6) is 11.5 Å². The van der Waals surface area contributed by atoms with Crippen molar-refractivity contribution in [3.8, 4) is 11.5 Å². The maximum atomic E-state index is 5.72. The van der Waals surface area contributed by atoms with Gasteiger partial charge in [-0.2, -0.15) is 0 Å². The van der Waals surface area contributed by atoms with Crippen molar-refractivity contribution in [2.75, 3.05) is 7.11 Å². The van der Waals surface area contributed by atoms with Gasteiger partial charge < -0.3 is 19.2 Å². The summed E-state index contributed by atoms with van der Waals surface area (Å²) in [5.74, 6) is 3.36. The van der Waals surface area contributed by atoms with E-state index in [2.05, 4.69) is 5.32 Å². The number of rotatable bonds is 7. The molecule has 0 amide bonds. The first-order chi connectivity index (χ1) is 9.83. The molecule has 0 spiro atoms. The second kappa shape index (κ2) is 6.01. The molecule has 0 bridgehead atoms. The van der Waals surface area contributed by atoms with E-state index < -0.39 is 0 Å². The Morgan fingerprint density at radius 3 is 2.75 bits per heavy atom. The summed E-state index contributed by atoms with van der Waals surface area (Å²) in [6.45, 7) is 1.22. The predicted molar refractivity (Wildman–Crippen MR) is 75.9 cm³/mol. The quantitative estimate of drug-likeness (QED) is 0.841. The molecule has 1 aromatic carbocycles. The van der Waals surface area contributed by atoms with E-state index in [1.807, 2.05) is 36.4 Å². The minimum absolute atomic E-state index is 0.427. The second-order valence-corrected chi connectivity index (χ2v) is 4.99. The van der Waals surface area contributed by atoms with Crippen molar-refractivity contribution in [3.63, 3.8) is 0 Å². The van der Waals surface area contributed by atoms with Crippen molar-refractivity contribution < 1.29 is 13.9 Å². The lowest BCUT2D eigenvalue weighted by Crippen LogP contribution is -2.14. The summed E-state index contributed by atoms with van der Waals surface area (Å²) in [6.07, 6.45) is 2.57. The highest BCUT2D eigenvalue weighted by Gasteiger charge is 2.20. The molecule has 4 heteroatoms. The van der Waals surface area contributed by atoms with Gasteiger partial charge in [0.05, 0.1) is 13.7 Å². The first kappa shape index (κ1) is 13.1. The fourth-order valence-corrected chi connectivity index (χ4v) is 1.97. The Labute approximate surface area is 118 Å². The smallest absolute Gasteiger partial charge is 0.146 e. The van der Waals surface area contributed by atoms with E-state index in [0.29, 0.717) is 12.6 Å². The Hall–Kier alpha value is -1.94. The van der Waals surface area contributed by atoms with Crippen LogP contribution < -0.4 is 14.8 Å². The number of furan rings is 1. The van der Waals surface area contributed by atoms with Crippen molar-refractivity contribution >= 4 is 0 Å². The molecule has 1 fully saturated rings. The van der Waals surface area contributed by atoms with Crippen LogP contribution in [0.25, 0.3) is 0 Å². The molecule has 2 aromatic rings. The van der Waals surface area contributed by atoms with Gasteiger partial charge in [-0.15, -0.1) is 0 Å². The highest BCUT2D eigenvalue weighted by Crippen LogP contribution is 2.21. The first-order valence-corrected chi connectivity index (χ1v) is 6.91. The second-order valence-electron chi connectivity index (χ2n) is 4.99. The Balaban J connectivity index is 1.51. The Bertz CT molecular complexity index is 560. The molecule has 0 aliphatic heterocycles. The van der Waals surface area contributed by atoms with Crippen LogP contribution in [0.2, 0.25) is 0 Å². The van der Waals surface area contributed by atoms with Crippen molar-refractivity contribution in [2.24, 2.45) is 0 Å². The zero-order valence-electron chi connectivity index (χ0n) is 11.6. The molecule has 4 nitrogen and oxygen atoms in total. The Morgan fingerprint density at radius 2 is 1.95 bits per heavy atom. The molecule has 1 heterocycles. The van der Waals surface area contributed by atoms with Crippen LogP contribution in [0.15, 0.2) is 40.8 Å². The summed E-state index contributed by atoms with van der Waals surface area (Å²) in [5.41, 5.74) is 0. The fraction of sp³-hybridized carbons (Fsp3) is 0.375. The van der Waals surface area contributed by atoms with Gasteiger partial charge in [-0.3, -0.25) is 0 Å². The third kappa shape index (κ3) is 3.54. The maximum Gasteiger partial charge on any atom is 0.146 e. The predicted octanol–water partition coefficient (Wildman–Crippen LogP) is 3.12. The van der Waals surface area contributed by atoms with Crippen molar-refractivity contribution in [3.05, 3.63) is 47.9 Å². The molecule has 0 saturated heterocycles. The van der Waals surface area contributed by atoms with Gasteiger partial charge in [-0.1, -0.05) is 6.07 Å². The van der Waals surface area contributed by atoms with Gasteiger partial charge in [0.25, 0.3) is 0 Å². The van der Waals surface area contributed by atoms with Crippen LogP contribution in [0.4, 0.5) is 0 Å². The SMILES string of the molecule is COc1cccc(OCc2ccc(CNC3CC3)o2)c1. The van der Waals surface area contributed by atoms with Gasteiger partial charge in [-0.05, 0) is 37.1 Å². The average Bonchev–Trinajstić information content (AvgIpc) is 3.21. The van der Waals surface area contributed by atoms with Crippen LogP contribution >= 0.6 is 0 Å². The van der Waals surface area contributed by atoms with E-state index in [9.17, 15) is 0 Å². The lowest BCUT2D eigenvalue weighted by molar-refractivity contribution is 0.263. The molecule has 1 saturated carbocycles. The van der Waals surface area contributed by atoms with Crippen molar-refractivity contribution in [2.45, 2.75) is 32.0 Å². The molecular weight excluding hydrogens is 254 g/mol. The molecule has 0 radical (unpaired) electrons. The van der Waals surface area contributed by atoms with Crippen LogP contribution in [-0.4, -0.2) is 13.2 Å². The van der Waals surface area contributed by atoms with Gasteiger partial charge in [0.15, 0.2) is 0 Å². The molecule has 1 N–H and O–H groups in total. The van der Waals surface area contributed by atoms with Gasteiger partial charge in [0, 0.05) is 12.1 Å². The van der Waals surface area contributed by atoms with E-state index >= 15 is 0 Å². The Kier molecular flexibility index (Phi) is 3.92. The first-order valence-electron chi connectivity index (χ1n) is 6.91. The molecule has 1 aliphatic rings. The topological polar surface area (TPSA) is 43.6 Å². The highest BCUT2D eigenvalue weighted by molar-refractivity contribution is 5.32. The number of methoxy groups -OCH3 is 1. The fourth-order valence-electron chi connectivity index (χ4n) is 1.97. The monoisotopic (exact) mass is 273 g/mol. The molecule has 3 rings (SSSR count). The molecular formula is C16H19NO3. The largest absolute Gasteiger partial charge is 0.497 e. The van der Waals surface area contributed by atoms with Crippen LogP contribution in [0, 0.1) is 0 Å². The van der Waals surface area contributed by atoms with Crippen LogP contribution in [0.1, 0.15) is 24.4 Å². The van der Waals surface area contributed by atoms with E-state index in [-0.39, 0.29) is 0 Å². The lowest BCUT2D eigenvalue weighted by Gasteiger charge is -2.06. The summed E-state index contributed by atoms with van der Waals surface area (Å²) in [5, 5.41) is 3.42. The van der Waals surface area contributed by atoms with Gasteiger partial charge >= 0.3 is 0 Å². The van der Waals surface area contributed by atoms with Gasteiger partial charge in [-0.25, -0.2) is 0 Å². The highest BCUT2D eigenvalue weighted by atomic mass is 16.5. The molecule has 1 aromatic heterocycles. The van der Waals surface area contributed by atoms with Gasteiger partial charge in [0.2, 0.25) is 0 Å². The maximum absolute atomic E-state index is 5.72. The summed E-state index contributed by atoms with van der Waals surface area (Å²) in [7, 11) is 1.64. The summed E-state index contributed by atoms with van der Waals surface area (Å²) < 4.78 is 16.6. The minimum Gasteiger partial charge on any atom is -0.497 e. The lowest BCUT2D eigenvalue weighted by atomic mass is 10.3. The van der Waals surface area contributed by atoms with E-state index in [1.54, 1.807) is 7.11 Å². The number of hydrogen-bond acceptors (Lipinski definition) is 4. The zero-order valence-corrected chi connectivity index (χ0v) is 11.6. The third-order valence-electron chi connectivity index (χ3n) is 3.28. The molecule has 1 aliphatic carbocycles. The zero-order chi connectivity index (χ0) is 13.8. The van der Waals surface area contributed by atoms with Crippen molar-refractivity contribution in [1.82, 2.24) is 5.32 Å².